The van der Waals surface area contributed by atoms with Crippen molar-refractivity contribution in [3.8, 4) is 0 Å². The molecule has 0 aromatic heterocycles. The average molecular weight is 437 g/mol. The van der Waals surface area contributed by atoms with Crippen LogP contribution in [0.4, 0.5) is 0 Å². The molecule has 3 rings (SSSR count). The van der Waals surface area contributed by atoms with Crippen LogP contribution in [0.3, 0.4) is 0 Å². The minimum atomic E-state index is -2.71. The van der Waals surface area contributed by atoms with Crippen molar-refractivity contribution in [3.63, 3.8) is 0 Å². The lowest BCUT2D eigenvalue weighted by Crippen LogP contribution is -2.68. The van der Waals surface area contributed by atoms with Gasteiger partial charge in [-0.05, 0) is 34.3 Å². The maximum atomic E-state index is 12.3. The van der Waals surface area contributed by atoms with Gasteiger partial charge in [-0.2, -0.15) is 0 Å². The van der Waals surface area contributed by atoms with Gasteiger partial charge >= 0.3 is 5.97 Å². The Bertz CT molecular complexity index is 816. The lowest BCUT2D eigenvalue weighted by atomic mass is 10.1. The fourth-order valence-corrected chi connectivity index (χ4v) is 9.18. The van der Waals surface area contributed by atoms with Crippen molar-refractivity contribution in [2.24, 2.45) is 0 Å². The molecule has 0 amide bonds. The summed E-state index contributed by atoms with van der Waals surface area (Å²) in [5.41, 5.74) is 0. The fraction of sp³-hybridized carbons (Fsp3) is 0.444. The molecule has 2 atom stereocenters. The van der Waals surface area contributed by atoms with Gasteiger partial charge in [-0.1, -0.05) is 107 Å². The van der Waals surface area contributed by atoms with Gasteiger partial charge in [0.15, 0.2) is 0 Å². The quantitative estimate of drug-likeness (QED) is 0.229. The van der Waals surface area contributed by atoms with Crippen molar-refractivity contribution >= 4 is 24.7 Å². The van der Waals surface area contributed by atoms with Crippen LogP contribution in [-0.4, -0.2) is 26.5 Å². The molecule has 2 aromatic rings. The summed E-state index contributed by atoms with van der Waals surface area (Å²) in [4.78, 5) is 12.3. The molecule has 0 saturated carbocycles. The van der Waals surface area contributed by atoms with Gasteiger partial charge in [0, 0.05) is 0 Å². The predicted octanol–water partition coefficient (Wildman–Crippen LogP) is 5.38. The van der Waals surface area contributed by atoms with Gasteiger partial charge in [-0.15, -0.1) is 0 Å². The zero-order chi connectivity index (χ0) is 22.3. The molecular formula is C27H36O3Si. The van der Waals surface area contributed by atoms with Crippen molar-refractivity contribution in [2.45, 2.75) is 77.0 Å². The van der Waals surface area contributed by atoms with E-state index >= 15 is 0 Å². The summed E-state index contributed by atoms with van der Waals surface area (Å²) in [6, 6.07) is 21.1. The SMILES string of the molecule is CCCCCC=CC1OC(=O)CC1O[Si](c1ccccc1)(c1ccccc1)C(C)(C)C. The second kappa shape index (κ2) is 10.4. The zero-order valence-electron chi connectivity index (χ0n) is 19.3. The van der Waals surface area contributed by atoms with Gasteiger partial charge in [-0.25, -0.2) is 0 Å². The van der Waals surface area contributed by atoms with Crippen LogP contribution in [0.5, 0.6) is 0 Å². The molecule has 4 heteroatoms. The van der Waals surface area contributed by atoms with Crippen LogP contribution in [0.15, 0.2) is 72.8 Å². The zero-order valence-corrected chi connectivity index (χ0v) is 20.3. The molecule has 3 nitrogen and oxygen atoms in total. The number of hydrogen-bond donors (Lipinski definition) is 0. The molecule has 0 radical (unpaired) electrons. The van der Waals surface area contributed by atoms with E-state index in [0.29, 0.717) is 6.42 Å². The summed E-state index contributed by atoms with van der Waals surface area (Å²) in [7, 11) is -2.71. The van der Waals surface area contributed by atoms with E-state index in [0.717, 1.165) is 12.8 Å². The third kappa shape index (κ3) is 5.36. The lowest BCUT2D eigenvalue weighted by Gasteiger charge is -2.44. The topological polar surface area (TPSA) is 35.5 Å². The number of allylic oxidation sites excluding steroid dienone is 1. The van der Waals surface area contributed by atoms with E-state index in [1.807, 2.05) is 18.2 Å². The van der Waals surface area contributed by atoms with Crippen LogP contribution in [0.1, 0.15) is 59.8 Å². The molecule has 1 fully saturated rings. The van der Waals surface area contributed by atoms with Crippen LogP contribution in [0, 0.1) is 0 Å². The maximum absolute atomic E-state index is 12.3. The van der Waals surface area contributed by atoms with Gasteiger partial charge in [0.05, 0.1) is 12.5 Å². The molecule has 1 aliphatic rings. The Balaban J connectivity index is 1.99. The molecule has 1 aliphatic heterocycles. The minimum absolute atomic E-state index is 0.128. The van der Waals surface area contributed by atoms with Crippen LogP contribution >= 0.6 is 0 Å². The van der Waals surface area contributed by atoms with E-state index in [4.69, 9.17) is 9.16 Å². The van der Waals surface area contributed by atoms with Crippen molar-refractivity contribution in [3.05, 3.63) is 72.8 Å². The molecule has 1 saturated heterocycles. The summed E-state index contributed by atoms with van der Waals surface area (Å²) >= 11 is 0. The van der Waals surface area contributed by atoms with E-state index in [1.54, 1.807) is 0 Å². The smallest absolute Gasteiger partial charge is 0.309 e. The summed E-state index contributed by atoms with van der Waals surface area (Å²) in [6.07, 6.45) is 8.49. The second-order valence-electron chi connectivity index (χ2n) is 9.40. The molecule has 2 unspecified atom stereocenters. The first kappa shape index (κ1) is 23.5. The van der Waals surface area contributed by atoms with Crippen molar-refractivity contribution in [1.82, 2.24) is 0 Å². The summed E-state index contributed by atoms with van der Waals surface area (Å²) < 4.78 is 12.8. The first-order valence-electron chi connectivity index (χ1n) is 11.5. The molecule has 0 aliphatic carbocycles. The largest absolute Gasteiger partial charge is 0.455 e. The maximum Gasteiger partial charge on any atom is 0.309 e. The highest BCUT2D eigenvalue weighted by Gasteiger charge is 2.53. The Morgan fingerprint density at radius 1 is 1.00 bits per heavy atom. The van der Waals surface area contributed by atoms with Crippen LogP contribution < -0.4 is 10.4 Å². The third-order valence-electron chi connectivity index (χ3n) is 6.05. The van der Waals surface area contributed by atoms with Crippen LogP contribution in [0.2, 0.25) is 5.04 Å². The number of ether oxygens (including phenoxy) is 1. The highest BCUT2D eigenvalue weighted by molar-refractivity contribution is 6.99. The second-order valence-corrected chi connectivity index (χ2v) is 13.7. The minimum Gasteiger partial charge on any atom is -0.455 e. The van der Waals surface area contributed by atoms with E-state index in [9.17, 15) is 4.79 Å². The first-order valence-corrected chi connectivity index (χ1v) is 13.4. The van der Waals surface area contributed by atoms with E-state index < -0.39 is 8.32 Å². The Morgan fingerprint density at radius 3 is 2.10 bits per heavy atom. The third-order valence-corrected chi connectivity index (χ3v) is 11.1. The molecule has 2 aromatic carbocycles. The standard InChI is InChI=1S/C27H36O3Si/c1-5-6-7-8-15-20-24-25(21-26(28)29-24)30-31(27(2,3)4,22-16-11-9-12-17-22)23-18-13-10-14-19-23/h9-20,24-25H,5-8,21H2,1-4H3. The monoisotopic (exact) mass is 436 g/mol. The molecule has 0 spiro atoms. The summed E-state index contributed by atoms with van der Waals surface area (Å²) in [6.45, 7) is 8.97. The van der Waals surface area contributed by atoms with Gasteiger partial charge in [0.2, 0.25) is 0 Å². The van der Waals surface area contributed by atoms with Crippen LogP contribution in [0.25, 0.3) is 0 Å². The number of carbonyl (C=O) groups excluding carboxylic acids is 1. The van der Waals surface area contributed by atoms with Crippen LogP contribution in [-0.2, 0) is 14.0 Å². The Hall–Kier alpha value is -2.17. The Morgan fingerprint density at radius 2 is 1.58 bits per heavy atom. The fourth-order valence-electron chi connectivity index (χ4n) is 4.49. The van der Waals surface area contributed by atoms with E-state index in [1.165, 1.54) is 23.2 Å². The van der Waals surface area contributed by atoms with E-state index in [2.05, 4.69) is 82.3 Å². The van der Waals surface area contributed by atoms with Crippen molar-refractivity contribution < 1.29 is 14.0 Å². The number of carbonyl (C=O) groups is 1. The first-order chi connectivity index (χ1) is 14.9. The highest BCUT2D eigenvalue weighted by atomic mass is 28.4. The molecular weight excluding hydrogens is 400 g/mol. The van der Waals surface area contributed by atoms with Crippen molar-refractivity contribution in [2.75, 3.05) is 0 Å². The molecule has 0 bridgehead atoms. The lowest BCUT2D eigenvalue weighted by molar-refractivity contribution is -0.140. The number of rotatable bonds is 9. The average Bonchev–Trinajstić information content (AvgIpc) is 3.11. The number of hydrogen-bond acceptors (Lipinski definition) is 3. The summed E-state index contributed by atoms with van der Waals surface area (Å²) in [5.74, 6) is -0.175. The Kier molecular flexibility index (Phi) is 7.90. The van der Waals surface area contributed by atoms with Crippen molar-refractivity contribution in [1.29, 1.82) is 0 Å². The molecule has 0 N–H and O–H groups in total. The molecule has 166 valence electrons. The highest BCUT2D eigenvalue weighted by Crippen LogP contribution is 2.39. The number of cyclic esters (lactones) is 1. The van der Waals surface area contributed by atoms with Gasteiger partial charge in [0.1, 0.15) is 6.10 Å². The van der Waals surface area contributed by atoms with E-state index in [-0.39, 0.29) is 23.2 Å². The molecule has 31 heavy (non-hydrogen) atoms. The van der Waals surface area contributed by atoms with Gasteiger partial charge in [0.25, 0.3) is 8.32 Å². The predicted molar refractivity (Wildman–Crippen MR) is 130 cm³/mol. The summed E-state index contributed by atoms with van der Waals surface area (Å²) in [5, 5.41) is 2.31. The number of benzene rings is 2. The van der Waals surface area contributed by atoms with Gasteiger partial charge in [-0.3, -0.25) is 4.79 Å². The Labute approximate surface area is 188 Å². The molecule has 1 heterocycles. The number of unbranched alkanes of at least 4 members (excludes halogenated alkanes) is 3. The van der Waals surface area contributed by atoms with Gasteiger partial charge < -0.3 is 9.16 Å². The normalized spacial score (nSPS) is 19.7. The number of esters is 1.